The first-order valence-electron chi connectivity index (χ1n) is 6.42. The van der Waals surface area contributed by atoms with Crippen molar-refractivity contribution < 1.29 is 9.53 Å². The summed E-state index contributed by atoms with van der Waals surface area (Å²) in [5.74, 6) is -0.117. The molecule has 0 radical (unpaired) electrons. The summed E-state index contributed by atoms with van der Waals surface area (Å²) in [6.07, 6.45) is 0.846. The molecule has 108 valence electrons. The molecule has 5 heteroatoms. The third-order valence-corrected chi connectivity index (χ3v) is 3.42. The number of ether oxygens (including phenoxy) is 1. The summed E-state index contributed by atoms with van der Waals surface area (Å²) in [5, 5.41) is 3.51. The van der Waals surface area contributed by atoms with E-state index in [1.165, 1.54) is 7.11 Å². The van der Waals surface area contributed by atoms with Gasteiger partial charge in [0.2, 0.25) is 0 Å². The molecular formula is C13H27ClN2O2. The minimum atomic E-state index is -0.383. The predicted octanol–water partition coefficient (Wildman–Crippen LogP) is 1.68. The van der Waals surface area contributed by atoms with Gasteiger partial charge in [0, 0.05) is 25.2 Å². The standard InChI is InChI=1S/C13H26N2O2.ClH/c1-10-8-15(9-11(2)14-10)7-6-13(3,4)12(16)17-5;/h10-11,14H,6-9H2,1-5H3;1H. The number of carbonyl (C=O) groups is 1. The second-order valence-corrected chi connectivity index (χ2v) is 5.85. The molecule has 1 saturated heterocycles. The molecule has 1 N–H and O–H groups in total. The van der Waals surface area contributed by atoms with Gasteiger partial charge >= 0.3 is 5.97 Å². The third kappa shape index (κ3) is 5.12. The minimum absolute atomic E-state index is 0. The zero-order valence-corrected chi connectivity index (χ0v) is 13.0. The lowest BCUT2D eigenvalue weighted by Crippen LogP contribution is -2.54. The monoisotopic (exact) mass is 278 g/mol. The first-order chi connectivity index (χ1) is 7.85. The van der Waals surface area contributed by atoms with Crippen LogP contribution in [0.25, 0.3) is 0 Å². The first-order valence-corrected chi connectivity index (χ1v) is 6.42. The molecule has 2 atom stereocenters. The van der Waals surface area contributed by atoms with E-state index in [2.05, 4.69) is 24.1 Å². The van der Waals surface area contributed by atoms with Crippen molar-refractivity contribution in [3.8, 4) is 0 Å². The number of carbonyl (C=O) groups excluding carboxylic acids is 1. The lowest BCUT2D eigenvalue weighted by atomic mass is 9.89. The summed E-state index contributed by atoms with van der Waals surface area (Å²) in [6.45, 7) is 11.4. The molecule has 0 aromatic heterocycles. The lowest BCUT2D eigenvalue weighted by Gasteiger charge is -2.37. The average molecular weight is 279 g/mol. The van der Waals surface area contributed by atoms with Gasteiger partial charge in [-0.3, -0.25) is 4.79 Å². The molecule has 0 amide bonds. The number of piperazine rings is 1. The Morgan fingerprint density at radius 1 is 1.33 bits per heavy atom. The summed E-state index contributed by atoms with van der Waals surface area (Å²) >= 11 is 0. The lowest BCUT2D eigenvalue weighted by molar-refractivity contribution is -0.151. The van der Waals surface area contributed by atoms with Gasteiger partial charge in [-0.05, 0) is 40.7 Å². The van der Waals surface area contributed by atoms with Crippen molar-refractivity contribution in [2.75, 3.05) is 26.7 Å². The first kappa shape index (κ1) is 17.7. The number of hydrogen-bond donors (Lipinski definition) is 1. The van der Waals surface area contributed by atoms with Crippen LogP contribution in [-0.2, 0) is 9.53 Å². The maximum atomic E-state index is 11.6. The molecule has 1 aliphatic heterocycles. The fraction of sp³-hybridized carbons (Fsp3) is 0.923. The highest BCUT2D eigenvalue weighted by Gasteiger charge is 2.30. The Morgan fingerprint density at radius 3 is 2.28 bits per heavy atom. The summed E-state index contributed by atoms with van der Waals surface area (Å²) in [7, 11) is 1.46. The van der Waals surface area contributed by atoms with Crippen LogP contribution < -0.4 is 5.32 Å². The van der Waals surface area contributed by atoms with Gasteiger partial charge < -0.3 is 15.0 Å². The maximum Gasteiger partial charge on any atom is 0.311 e. The quantitative estimate of drug-likeness (QED) is 0.795. The van der Waals surface area contributed by atoms with Crippen LogP contribution in [0.15, 0.2) is 0 Å². The van der Waals surface area contributed by atoms with E-state index in [4.69, 9.17) is 4.74 Å². The number of rotatable bonds is 4. The molecule has 1 fully saturated rings. The van der Waals surface area contributed by atoms with Crippen molar-refractivity contribution in [2.45, 2.75) is 46.2 Å². The van der Waals surface area contributed by atoms with Crippen LogP contribution in [-0.4, -0.2) is 49.7 Å². The number of halogens is 1. The molecule has 18 heavy (non-hydrogen) atoms. The summed E-state index contributed by atoms with van der Waals surface area (Å²) in [5.41, 5.74) is -0.383. The molecule has 0 aromatic carbocycles. The van der Waals surface area contributed by atoms with Gasteiger partial charge in [0.15, 0.2) is 0 Å². The van der Waals surface area contributed by atoms with Crippen molar-refractivity contribution in [3.63, 3.8) is 0 Å². The highest BCUT2D eigenvalue weighted by Crippen LogP contribution is 2.22. The highest BCUT2D eigenvalue weighted by atomic mass is 35.5. The maximum absolute atomic E-state index is 11.6. The van der Waals surface area contributed by atoms with E-state index in [1.54, 1.807) is 0 Å². The summed E-state index contributed by atoms with van der Waals surface area (Å²) < 4.78 is 4.83. The van der Waals surface area contributed by atoms with Gasteiger partial charge in [-0.15, -0.1) is 12.4 Å². The Kier molecular flexibility index (Phi) is 7.18. The van der Waals surface area contributed by atoms with Crippen LogP contribution >= 0.6 is 12.4 Å². The van der Waals surface area contributed by atoms with Crippen LogP contribution in [0.4, 0.5) is 0 Å². The number of nitrogens with one attached hydrogen (secondary N) is 1. The molecule has 0 spiro atoms. The predicted molar refractivity (Wildman–Crippen MR) is 76.2 cm³/mol. The number of nitrogens with zero attached hydrogens (tertiary/aromatic N) is 1. The Balaban J connectivity index is 0.00000289. The van der Waals surface area contributed by atoms with Gasteiger partial charge in [-0.25, -0.2) is 0 Å². The van der Waals surface area contributed by atoms with E-state index < -0.39 is 0 Å². The molecule has 0 aromatic rings. The van der Waals surface area contributed by atoms with Gasteiger partial charge in [-0.1, -0.05) is 0 Å². The van der Waals surface area contributed by atoms with Crippen molar-refractivity contribution in [1.82, 2.24) is 10.2 Å². The van der Waals surface area contributed by atoms with Gasteiger partial charge in [0.05, 0.1) is 12.5 Å². The molecule has 0 saturated carbocycles. The molecule has 1 aliphatic rings. The Labute approximate surface area is 117 Å². The number of esters is 1. The van der Waals surface area contributed by atoms with E-state index in [0.29, 0.717) is 12.1 Å². The third-order valence-electron chi connectivity index (χ3n) is 3.42. The molecule has 0 aliphatic carbocycles. The summed E-state index contributed by atoms with van der Waals surface area (Å²) in [4.78, 5) is 14.0. The largest absolute Gasteiger partial charge is 0.469 e. The van der Waals surface area contributed by atoms with Gasteiger partial charge in [-0.2, -0.15) is 0 Å². The highest BCUT2D eigenvalue weighted by molar-refractivity contribution is 5.85. The SMILES string of the molecule is COC(=O)C(C)(C)CCN1CC(C)NC(C)C1.Cl. The fourth-order valence-corrected chi connectivity index (χ4v) is 2.44. The molecule has 2 unspecified atom stereocenters. The van der Waals surface area contributed by atoms with E-state index in [-0.39, 0.29) is 23.8 Å². The average Bonchev–Trinajstić information content (AvgIpc) is 2.24. The van der Waals surface area contributed by atoms with Gasteiger partial charge in [0.1, 0.15) is 0 Å². The zero-order valence-electron chi connectivity index (χ0n) is 12.2. The Hall–Kier alpha value is -0.320. The normalized spacial score (nSPS) is 25.4. The van der Waals surface area contributed by atoms with Crippen LogP contribution in [0, 0.1) is 5.41 Å². The Morgan fingerprint density at radius 2 is 1.83 bits per heavy atom. The van der Waals surface area contributed by atoms with Crippen molar-refractivity contribution in [3.05, 3.63) is 0 Å². The van der Waals surface area contributed by atoms with Crippen LogP contribution in [0.5, 0.6) is 0 Å². The molecule has 1 heterocycles. The van der Waals surface area contributed by atoms with E-state index in [9.17, 15) is 4.79 Å². The van der Waals surface area contributed by atoms with Crippen LogP contribution in [0.1, 0.15) is 34.1 Å². The Bertz CT molecular complexity index is 262. The van der Waals surface area contributed by atoms with E-state index in [0.717, 1.165) is 26.1 Å². The minimum Gasteiger partial charge on any atom is -0.469 e. The van der Waals surface area contributed by atoms with Gasteiger partial charge in [0.25, 0.3) is 0 Å². The molecule has 1 rings (SSSR count). The molecule has 4 nitrogen and oxygen atoms in total. The van der Waals surface area contributed by atoms with Crippen molar-refractivity contribution in [2.24, 2.45) is 5.41 Å². The summed E-state index contributed by atoms with van der Waals surface area (Å²) in [6, 6.07) is 1.06. The second-order valence-electron chi connectivity index (χ2n) is 5.85. The van der Waals surface area contributed by atoms with Crippen LogP contribution in [0.3, 0.4) is 0 Å². The van der Waals surface area contributed by atoms with Crippen LogP contribution in [0.2, 0.25) is 0 Å². The van der Waals surface area contributed by atoms with Crippen molar-refractivity contribution in [1.29, 1.82) is 0 Å². The topological polar surface area (TPSA) is 41.6 Å². The van der Waals surface area contributed by atoms with Crippen molar-refractivity contribution >= 4 is 18.4 Å². The smallest absolute Gasteiger partial charge is 0.311 e. The fourth-order valence-electron chi connectivity index (χ4n) is 2.44. The molecular weight excluding hydrogens is 252 g/mol. The zero-order chi connectivity index (χ0) is 13.1. The number of hydrogen-bond acceptors (Lipinski definition) is 4. The van der Waals surface area contributed by atoms with E-state index >= 15 is 0 Å². The second kappa shape index (κ2) is 7.31. The number of methoxy groups -OCH3 is 1. The van der Waals surface area contributed by atoms with E-state index in [1.807, 2.05) is 13.8 Å². The molecule has 0 bridgehead atoms.